The zero-order valence-corrected chi connectivity index (χ0v) is 13.2. The summed E-state index contributed by atoms with van der Waals surface area (Å²) in [6, 6.07) is 8.98. The van der Waals surface area contributed by atoms with Gasteiger partial charge in [-0.2, -0.15) is 15.6 Å². The van der Waals surface area contributed by atoms with Crippen LogP contribution in [0, 0.1) is 0 Å². The molecule has 0 bridgehead atoms. The summed E-state index contributed by atoms with van der Waals surface area (Å²) in [7, 11) is 0.000347. The van der Waals surface area contributed by atoms with E-state index in [1.165, 1.54) is 4.31 Å². The zero-order valence-electron chi connectivity index (χ0n) is 11.5. The van der Waals surface area contributed by atoms with Crippen LogP contribution in [0.4, 0.5) is 0 Å². The van der Waals surface area contributed by atoms with E-state index in [2.05, 4.69) is 5.32 Å². The van der Waals surface area contributed by atoms with E-state index in [0.717, 1.165) is 11.1 Å². The average molecular weight is 310 g/mol. The van der Waals surface area contributed by atoms with E-state index in [1.54, 1.807) is 36.6 Å². The first-order valence-electron chi connectivity index (χ1n) is 6.25. The number of hydrogen-bond donors (Lipinski definition) is 1. The Balaban J connectivity index is 2.22. The van der Waals surface area contributed by atoms with Crippen molar-refractivity contribution in [2.45, 2.75) is 18.0 Å². The molecule has 0 amide bonds. The Labute approximate surface area is 124 Å². The first-order chi connectivity index (χ1) is 9.54. The van der Waals surface area contributed by atoms with Crippen LogP contribution >= 0.6 is 11.3 Å². The predicted molar refractivity (Wildman–Crippen MR) is 82.2 cm³/mol. The summed E-state index contributed by atoms with van der Waals surface area (Å²) in [5, 5.41) is 6.93. The van der Waals surface area contributed by atoms with Crippen molar-refractivity contribution in [2.24, 2.45) is 0 Å². The summed E-state index contributed by atoms with van der Waals surface area (Å²) < 4.78 is 26.4. The van der Waals surface area contributed by atoms with Crippen molar-refractivity contribution >= 4 is 21.4 Å². The lowest BCUT2D eigenvalue weighted by Crippen LogP contribution is -2.26. The van der Waals surface area contributed by atoms with Crippen LogP contribution in [0.15, 0.2) is 46.0 Å². The third kappa shape index (κ3) is 3.46. The molecule has 2 aromatic rings. The first kappa shape index (κ1) is 15.2. The second kappa shape index (κ2) is 6.49. The molecule has 0 spiro atoms. The van der Waals surface area contributed by atoms with Gasteiger partial charge < -0.3 is 5.32 Å². The number of thiophene rings is 1. The maximum absolute atomic E-state index is 12.5. The van der Waals surface area contributed by atoms with Gasteiger partial charge in [-0.25, -0.2) is 8.42 Å². The van der Waals surface area contributed by atoms with Gasteiger partial charge in [0.05, 0.1) is 4.90 Å². The predicted octanol–water partition coefficient (Wildman–Crippen LogP) is 2.29. The second-order valence-corrected chi connectivity index (χ2v) is 7.40. The minimum absolute atomic E-state index is 0.336. The summed E-state index contributed by atoms with van der Waals surface area (Å²) in [5.74, 6) is 0. The Morgan fingerprint density at radius 3 is 2.70 bits per heavy atom. The molecule has 1 aromatic carbocycles. The lowest BCUT2D eigenvalue weighted by Gasteiger charge is -2.17. The van der Waals surface area contributed by atoms with Gasteiger partial charge in [0.2, 0.25) is 10.0 Å². The van der Waals surface area contributed by atoms with Crippen molar-refractivity contribution in [3.63, 3.8) is 0 Å². The molecule has 1 heterocycles. The van der Waals surface area contributed by atoms with Gasteiger partial charge >= 0.3 is 0 Å². The van der Waals surface area contributed by atoms with Crippen LogP contribution in [0.1, 0.15) is 11.1 Å². The second-order valence-electron chi connectivity index (χ2n) is 4.57. The first-order valence-corrected chi connectivity index (χ1v) is 8.63. The lowest BCUT2D eigenvalue weighted by atomic mass is 10.2. The molecule has 0 atom stereocenters. The highest BCUT2D eigenvalue weighted by Gasteiger charge is 2.21. The molecule has 1 N–H and O–H groups in total. The van der Waals surface area contributed by atoms with E-state index >= 15 is 0 Å². The van der Waals surface area contributed by atoms with E-state index in [-0.39, 0.29) is 0 Å². The SMILES string of the molecule is CNCc1cccc(S(=O)(=O)N(C)Cc2ccsc2)c1. The number of sulfonamides is 1. The van der Waals surface area contributed by atoms with Gasteiger partial charge in [-0.3, -0.25) is 0 Å². The highest BCUT2D eigenvalue weighted by molar-refractivity contribution is 7.89. The highest BCUT2D eigenvalue weighted by atomic mass is 32.2. The maximum atomic E-state index is 12.5. The molecule has 0 radical (unpaired) electrons. The van der Waals surface area contributed by atoms with Gasteiger partial charge in [0.25, 0.3) is 0 Å². The topological polar surface area (TPSA) is 49.4 Å². The number of nitrogens with one attached hydrogen (secondary N) is 1. The van der Waals surface area contributed by atoms with Crippen molar-refractivity contribution in [1.29, 1.82) is 0 Å². The number of benzene rings is 1. The fourth-order valence-electron chi connectivity index (χ4n) is 1.92. The Hall–Kier alpha value is -1.21. The van der Waals surface area contributed by atoms with Crippen molar-refractivity contribution in [3.8, 4) is 0 Å². The van der Waals surface area contributed by atoms with Crippen molar-refractivity contribution < 1.29 is 8.42 Å². The van der Waals surface area contributed by atoms with E-state index in [4.69, 9.17) is 0 Å². The van der Waals surface area contributed by atoms with E-state index < -0.39 is 10.0 Å². The van der Waals surface area contributed by atoms with Gasteiger partial charge in [-0.05, 0) is 47.1 Å². The molecule has 6 heteroatoms. The highest BCUT2D eigenvalue weighted by Crippen LogP contribution is 2.19. The number of rotatable bonds is 6. The molecule has 0 aliphatic rings. The molecule has 108 valence electrons. The zero-order chi connectivity index (χ0) is 14.6. The van der Waals surface area contributed by atoms with E-state index in [0.29, 0.717) is 18.0 Å². The third-order valence-corrected chi connectivity index (χ3v) is 5.50. The molecule has 0 saturated heterocycles. The standard InChI is InChI=1S/C14H18N2O2S2/c1-15-9-12-4-3-5-14(8-12)20(17,18)16(2)10-13-6-7-19-11-13/h3-8,11,15H,9-10H2,1-2H3. The summed E-state index contributed by atoms with van der Waals surface area (Å²) >= 11 is 1.57. The molecule has 0 saturated carbocycles. The summed E-state index contributed by atoms with van der Waals surface area (Å²) in [4.78, 5) is 0.336. The van der Waals surface area contributed by atoms with Crippen LogP contribution in [0.3, 0.4) is 0 Å². The van der Waals surface area contributed by atoms with Crippen molar-refractivity contribution in [3.05, 3.63) is 52.2 Å². The van der Waals surface area contributed by atoms with Crippen LogP contribution in [0.25, 0.3) is 0 Å². The van der Waals surface area contributed by atoms with Gasteiger partial charge in [0, 0.05) is 20.1 Å². The Morgan fingerprint density at radius 2 is 2.05 bits per heavy atom. The molecule has 0 aliphatic heterocycles. The maximum Gasteiger partial charge on any atom is 0.243 e. The summed E-state index contributed by atoms with van der Waals surface area (Å²) in [5.41, 5.74) is 1.96. The van der Waals surface area contributed by atoms with Gasteiger partial charge in [-0.15, -0.1) is 0 Å². The molecule has 20 heavy (non-hydrogen) atoms. The van der Waals surface area contributed by atoms with Gasteiger partial charge in [-0.1, -0.05) is 12.1 Å². The van der Waals surface area contributed by atoms with Crippen LogP contribution in [-0.4, -0.2) is 26.8 Å². The largest absolute Gasteiger partial charge is 0.316 e. The minimum Gasteiger partial charge on any atom is -0.316 e. The van der Waals surface area contributed by atoms with Crippen LogP contribution in [-0.2, 0) is 23.1 Å². The van der Waals surface area contributed by atoms with Crippen LogP contribution in [0.5, 0.6) is 0 Å². The summed E-state index contributed by atoms with van der Waals surface area (Å²) in [6.45, 7) is 1.04. The third-order valence-electron chi connectivity index (χ3n) is 2.97. The van der Waals surface area contributed by atoms with E-state index in [1.807, 2.05) is 29.9 Å². The summed E-state index contributed by atoms with van der Waals surface area (Å²) in [6.07, 6.45) is 0. The molecule has 0 unspecified atom stereocenters. The fraction of sp³-hybridized carbons (Fsp3) is 0.286. The van der Waals surface area contributed by atoms with Gasteiger partial charge in [0.15, 0.2) is 0 Å². The number of nitrogens with zero attached hydrogens (tertiary/aromatic N) is 1. The Kier molecular flexibility index (Phi) is 4.93. The molecule has 0 aliphatic carbocycles. The van der Waals surface area contributed by atoms with Crippen molar-refractivity contribution in [1.82, 2.24) is 9.62 Å². The molecule has 4 nitrogen and oxygen atoms in total. The molecule has 0 fully saturated rings. The molecular weight excluding hydrogens is 292 g/mol. The lowest BCUT2D eigenvalue weighted by molar-refractivity contribution is 0.467. The average Bonchev–Trinajstić information content (AvgIpc) is 2.92. The number of hydrogen-bond acceptors (Lipinski definition) is 4. The smallest absolute Gasteiger partial charge is 0.243 e. The Bertz CT molecular complexity index is 652. The molecule has 1 aromatic heterocycles. The quantitative estimate of drug-likeness (QED) is 0.890. The van der Waals surface area contributed by atoms with Crippen molar-refractivity contribution in [2.75, 3.05) is 14.1 Å². The normalized spacial score (nSPS) is 11.9. The monoisotopic (exact) mass is 310 g/mol. The molecule has 2 rings (SSSR count). The van der Waals surface area contributed by atoms with Crippen LogP contribution < -0.4 is 5.32 Å². The van der Waals surface area contributed by atoms with Gasteiger partial charge in [0.1, 0.15) is 0 Å². The Morgan fingerprint density at radius 1 is 1.25 bits per heavy atom. The fourth-order valence-corrected chi connectivity index (χ4v) is 3.81. The molecular formula is C14H18N2O2S2. The minimum atomic E-state index is -3.45. The van der Waals surface area contributed by atoms with Crippen LogP contribution in [0.2, 0.25) is 0 Å². The van der Waals surface area contributed by atoms with E-state index in [9.17, 15) is 8.42 Å².